The molecule has 172 valence electrons. The summed E-state index contributed by atoms with van der Waals surface area (Å²) in [6.45, 7) is -0.0219. The van der Waals surface area contributed by atoms with Gasteiger partial charge in [0.15, 0.2) is 0 Å². The van der Waals surface area contributed by atoms with Crippen LogP contribution in [0.2, 0.25) is 5.02 Å². The molecular weight excluding hydrogens is 472 g/mol. The Morgan fingerprint density at radius 2 is 1.97 bits per heavy atom. The first-order chi connectivity index (χ1) is 15.7. The molecule has 1 heterocycles. The van der Waals surface area contributed by atoms with Crippen molar-refractivity contribution < 1.29 is 22.9 Å². The van der Waals surface area contributed by atoms with Crippen LogP contribution >= 0.6 is 11.6 Å². The largest absolute Gasteiger partial charge is 0.449 e. The first-order valence-corrected chi connectivity index (χ1v) is 11.4. The standard InChI is InChI=1S/C21H19ClN4O6S/c22-15-5-8-19-18(12-15)17(9-11-32-21(23)27)20(25-19)13-24-33(30,31)16-6-3-14(4-7-16)2-1-10-26(28)29/h3-8,12,24-25H,2,9,11,13H2,(H2,23,27). The summed E-state index contributed by atoms with van der Waals surface area (Å²) in [5, 5.41) is 11.5. The van der Waals surface area contributed by atoms with Gasteiger partial charge in [0.2, 0.25) is 10.0 Å². The van der Waals surface area contributed by atoms with Gasteiger partial charge in [-0.15, -0.1) is 0 Å². The summed E-state index contributed by atoms with van der Waals surface area (Å²) in [5.41, 5.74) is 7.76. The molecule has 10 nitrogen and oxygen atoms in total. The van der Waals surface area contributed by atoms with Crippen LogP contribution in [-0.2, 0) is 34.1 Å². The summed E-state index contributed by atoms with van der Waals surface area (Å²) in [5.74, 6) is 2.39. The maximum atomic E-state index is 12.8. The number of nitrogens with two attached hydrogens (primary N) is 1. The Bertz CT molecular complexity index is 1360. The van der Waals surface area contributed by atoms with Crippen molar-refractivity contribution in [3.63, 3.8) is 0 Å². The molecule has 0 saturated carbocycles. The fraction of sp³-hybridized carbons (Fsp3) is 0.190. The Morgan fingerprint density at radius 1 is 1.24 bits per heavy atom. The highest BCUT2D eigenvalue weighted by Gasteiger charge is 2.17. The number of rotatable bonds is 8. The second-order valence-electron chi connectivity index (χ2n) is 6.88. The number of hydrogen-bond donors (Lipinski definition) is 3. The van der Waals surface area contributed by atoms with Crippen LogP contribution < -0.4 is 10.5 Å². The van der Waals surface area contributed by atoms with Crippen molar-refractivity contribution in [1.29, 1.82) is 0 Å². The number of H-pyrrole nitrogens is 1. The number of aromatic amines is 1. The first kappa shape index (κ1) is 24.1. The Kier molecular flexibility index (Phi) is 7.55. The molecule has 12 heteroatoms. The van der Waals surface area contributed by atoms with Crippen LogP contribution in [0.1, 0.15) is 16.8 Å². The van der Waals surface area contributed by atoms with Crippen LogP contribution in [0.4, 0.5) is 4.79 Å². The molecule has 0 saturated heterocycles. The number of hydrogen-bond acceptors (Lipinski definition) is 6. The second kappa shape index (κ2) is 10.4. The van der Waals surface area contributed by atoms with Crippen molar-refractivity contribution in [3.8, 4) is 12.0 Å². The van der Waals surface area contributed by atoms with Gasteiger partial charge in [0.05, 0.1) is 18.0 Å². The monoisotopic (exact) mass is 490 g/mol. The van der Waals surface area contributed by atoms with E-state index in [1.807, 2.05) is 6.04 Å². The third-order valence-corrected chi connectivity index (χ3v) is 6.34. The lowest BCUT2D eigenvalue weighted by Crippen LogP contribution is -2.24. The number of amides is 1. The minimum Gasteiger partial charge on any atom is -0.449 e. The van der Waals surface area contributed by atoms with E-state index in [-0.39, 0.29) is 24.5 Å². The second-order valence-corrected chi connectivity index (χ2v) is 9.08. The number of primary amides is 1. The van der Waals surface area contributed by atoms with E-state index in [4.69, 9.17) is 22.1 Å². The molecule has 33 heavy (non-hydrogen) atoms. The van der Waals surface area contributed by atoms with Crippen molar-refractivity contribution in [1.82, 2.24) is 9.71 Å². The zero-order valence-electron chi connectivity index (χ0n) is 17.1. The predicted octanol–water partition coefficient (Wildman–Crippen LogP) is 2.72. The van der Waals surface area contributed by atoms with Gasteiger partial charge in [-0.25, -0.2) is 28.0 Å². The molecule has 0 aliphatic rings. The van der Waals surface area contributed by atoms with Gasteiger partial charge in [0.1, 0.15) is 4.92 Å². The molecular formula is C21H19ClN4O6S. The fourth-order valence-electron chi connectivity index (χ4n) is 3.21. The lowest BCUT2D eigenvalue weighted by molar-refractivity contribution is -0.379. The summed E-state index contributed by atoms with van der Waals surface area (Å²) in [7, 11) is -3.85. The average molecular weight is 491 g/mol. The molecule has 0 bridgehead atoms. The maximum absolute atomic E-state index is 12.8. The Balaban J connectivity index is 1.77. The molecule has 0 fully saturated rings. The zero-order chi connectivity index (χ0) is 24.0. The van der Waals surface area contributed by atoms with Crippen LogP contribution in [0.25, 0.3) is 10.9 Å². The first-order valence-electron chi connectivity index (χ1n) is 9.58. The van der Waals surface area contributed by atoms with E-state index in [2.05, 4.69) is 15.6 Å². The molecule has 2 aromatic carbocycles. The summed E-state index contributed by atoms with van der Waals surface area (Å²) in [6.07, 6.45) is -0.466. The number of carbonyl (C=O) groups excluding carboxylic acids is 1. The molecule has 0 unspecified atom stereocenters. The molecule has 0 aliphatic heterocycles. The molecule has 0 aliphatic carbocycles. The molecule has 4 N–H and O–H groups in total. The van der Waals surface area contributed by atoms with Crippen molar-refractivity contribution >= 4 is 38.6 Å². The number of carbonyl (C=O) groups is 1. The minimum atomic E-state index is -3.85. The lowest BCUT2D eigenvalue weighted by Gasteiger charge is -2.09. The summed E-state index contributed by atoms with van der Waals surface area (Å²) in [4.78, 5) is 23.6. The van der Waals surface area contributed by atoms with Gasteiger partial charge in [0, 0.05) is 34.5 Å². The van der Waals surface area contributed by atoms with E-state index in [1.54, 1.807) is 30.3 Å². The smallest absolute Gasteiger partial charge is 0.404 e. The fourth-order valence-corrected chi connectivity index (χ4v) is 4.38. The van der Waals surface area contributed by atoms with Crippen molar-refractivity contribution in [2.24, 2.45) is 5.73 Å². The maximum Gasteiger partial charge on any atom is 0.404 e. The quantitative estimate of drug-likeness (QED) is 0.190. The van der Waals surface area contributed by atoms with Crippen LogP contribution in [0, 0.1) is 22.1 Å². The van der Waals surface area contributed by atoms with E-state index < -0.39 is 21.0 Å². The van der Waals surface area contributed by atoms with Gasteiger partial charge in [-0.05, 0) is 47.4 Å². The number of nitro groups is 1. The van der Waals surface area contributed by atoms with Crippen molar-refractivity contribution in [2.75, 3.05) is 6.61 Å². The molecule has 1 amide bonds. The number of sulfonamides is 1. The Labute approximate surface area is 194 Å². The van der Waals surface area contributed by atoms with Crippen LogP contribution in [0.15, 0.2) is 47.4 Å². The molecule has 1 aromatic heterocycles. The number of halogens is 1. The summed E-state index contributed by atoms with van der Waals surface area (Å²) >= 11 is 6.10. The van der Waals surface area contributed by atoms with Gasteiger partial charge in [0.25, 0.3) is 6.04 Å². The van der Waals surface area contributed by atoms with Crippen molar-refractivity contribution in [3.05, 3.63) is 74.4 Å². The van der Waals surface area contributed by atoms with Crippen LogP contribution in [0.3, 0.4) is 0 Å². The Morgan fingerprint density at radius 3 is 2.64 bits per heavy atom. The van der Waals surface area contributed by atoms with Crippen LogP contribution in [-0.4, -0.2) is 31.0 Å². The Hall–Kier alpha value is -3.59. The molecule has 0 atom stereocenters. The third kappa shape index (κ3) is 6.45. The highest BCUT2D eigenvalue weighted by atomic mass is 35.5. The van der Waals surface area contributed by atoms with Gasteiger partial charge in [-0.3, -0.25) is 0 Å². The van der Waals surface area contributed by atoms with Gasteiger partial charge in [-0.2, -0.15) is 0 Å². The van der Waals surface area contributed by atoms with Gasteiger partial charge >= 0.3 is 6.09 Å². The normalized spacial score (nSPS) is 11.1. The lowest BCUT2D eigenvalue weighted by atomic mass is 10.1. The molecule has 3 rings (SSSR count). The zero-order valence-corrected chi connectivity index (χ0v) is 18.7. The highest BCUT2D eigenvalue weighted by Crippen LogP contribution is 2.26. The number of aromatic nitrogens is 1. The topological polar surface area (TPSA) is 157 Å². The van der Waals surface area contributed by atoms with E-state index in [0.717, 1.165) is 16.5 Å². The van der Waals surface area contributed by atoms with E-state index >= 15 is 0 Å². The minimum absolute atomic E-state index is 0.0232. The number of benzene rings is 2. The summed E-state index contributed by atoms with van der Waals surface area (Å²) in [6, 6.07) is 12.9. The number of ether oxygens (including phenoxy) is 1. The highest BCUT2D eigenvalue weighted by molar-refractivity contribution is 7.89. The third-order valence-electron chi connectivity index (χ3n) is 4.69. The number of nitrogens with one attached hydrogen (secondary N) is 2. The number of fused-ring (bicyclic) bond motifs is 1. The number of nitrogens with zero attached hydrogens (tertiary/aromatic N) is 1. The van der Waals surface area contributed by atoms with E-state index in [9.17, 15) is 23.3 Å². The van der Waals surface area contributed by atoms with Crippen LogP contribution in [0.5, 0.6) is 0 Å². The molecule has 3 aromatic rings. The average Bonchev–Trinajstić information content (AvgIpc) is 3.09. The molecule has 0 spiro atoms. The van der Waals surface area contributed by atoms with Gasteiger partial charge in [-0.1, -0.05) is 23.7 Å². The SMILES string of the molecule is NC(=O)OCCc1c(CNS(=O)(=O)c2ccc(CC#C[N+](=O)[O-])cc2)[nH]c2ccc(Cl)cc12. The summed E-state index contributed by atoms with van der Waals surface area (Å²) < 4.78 is 32.9. The predicted molar refractivity (Wildman–Crippen MR) is 121 cm³/mol. The van der Waals surface area contributed by atoms with Gasteiger partial charge < -0.3 is 15.5 Å². The van der Waals surface area contributed by atoms with E-state index in [1.165, 1.54) is 12.1 Å². The molecule has 0 radical (unpaired) electrons. The van der Waals surface area contributed by atoms with Crippen molar-refractivity contribution in [2.45, 2.75) is 24.3 Å². The van der Waals surface area contributed by atoms with E-state index in [0.29, 0.717) is 22.7 Å².